The van der Waals surface area contributed by atoms with Crippen LogP contribution in [0.1, 0.15) is 17.4 Å². The Labute approximate surface area is 109 Å². The first kappa shape index (κ1) is 15.3. The van der Waals surface area contributed by atoms with Crippen molar-refractivity contribution in [1.29, 1.82) is 0 Å². The molecular formula is C12H16F2N2O3. The first-order valence-electron chi connectivity index (χ1n) is 5.79. The van der Waals surface area contributed by atoms with E-state index in [1.165, 1.54) is 18.3 Å². The summed E-state index contributed by atoms with van der Waals surface area (Å²) in [5, 5.41) is 11.4. The minimum atomic E-state index is -2.62. The predicted octanol–water partition coefficient (Wildman–Crippen LogP) is 1.08. The lowest BCUT2D eigenvalue weighted by atomic mass is 10.2. The number of amides is 1. The van der Waals surface area contributed by atoms with Crippen molar-refractivity contribution in [1.82, 2.24) is 10.3 Å². The molecule has 1 aromatic heterocycles. The van der Waals surface area contributed by atoms with Gasteiger partial charge in [-0.2, -0.15) is 0 Å². The molecule has 1 unspecified atom stereocenters. The number of nitrogens with zero attached hydrogens (tertiary/aromatic N) is 1. The van der Waals surface area contributed by atoms with E-state index in [1.807, 2.05) is 0 Å². The number of aliphatic hydroxyl groups is 1. The van der Waals surface area contributed by atoms with Gasteiger partial charge >= 0.3 is 0 Å². The number of rotatable bonds is 7. The van der Waals surface area contributed by atoms with Crippen LogP contribution in [0.5, 0.6) is 5.75 Å². The van der Waals surface area contributed by atoms with Crippen LogP contribution >= 0.6 is 0 Å². The third kappa shape index (κ3) is 5.17. The molecule has 0 aromatic carbocycles. The van der Waals surface area contributed by atoms with Gasteiger partial charge in [-0.05, 0) is 18.1 Å². The van der Waals surface area contributed by atoms with Crippen LogP contribution in [-0.4, -0.2) is 42.2 Å². The van der Waals surface area contributed by atoms with Crippen molar-refractivity contribution in [2.45, 2.75) is 13.3 Å². The maximum Gasteiger partial charge on any atom is 0.273 e. The number of pyridine rings is 1. The van der Waals surface area contributed by atoms with E-state index in [2.05, 4.69) is 10.3 Å². The molecule has 0 saturated heterocycles. The Morgan fingerprint density at radius 1 is 1.58 bits per heavy atom. The molecular weight excluding hydrogens is 258 g/mol. The number of hydrogen-bond acceptors (Lipinski definition) is 4. The van der Waals surface area contributed by atoms with Gasteiger partial charge in [0.05, 0.1) is 0 Å². The summed E-state index contributed by atoms with van der Waals surface area (Å²) in [5.74, 6) is -0.611. The zero-order chi connectivity index (χ0) is 14.3. The van der Waals surface area contributed by atoms with Crippen LogP contribution in [0.25, 0.3) is 0 Å². The summed E-state index contributed by atoms with van der Waals surface area (Å²) >= 11 is 0. The van der Waals surface area contributed by atoms with E-state index in [0.29, 0.717) is 0 Å². The molecule has 106 valence electrons. The number of nitrogens with one attached hydrogen (secondary N) is 1. The molecule has 0 aliphatic carbocycles. The second-order valence-corrected chi connectivity index (χ2v) is 4.05. The zero-order valence-corrected chi connectivity index (χ0v) is 10.5. The van der Waals surface area contributed by atoms with E-state index in [9.17, 15) is 13.6 Å². The van der Waals surface area contributed by atoms with Gasteiger partial charge in [0.2, 0.25) is 0 Å². The molecule has 0 bridgehead atoms. The normalized spacial score (nSPS) is 12.3. The summed E-state index contributed by atoms with van der Waals surface area (Å²) in [4.78, 5) is 15.6. The van der Waals surface area contributed by atoms with Crippen molar-refractivity contribution >= 4 is 5.91 Å². The molecule has 0 spiro atoms. The van der Waals surface area contributed by atoms with E-state index in [0.717, 1.165) is 0 Å². The molecule has 19 heavy (non-hydrogen) atoms. The lowest BCUT2D eigenvalue weighted by Gasteiger charge is -2.12. The Kier molecular flexibility index (Phi) is 6.14. The standard InChI is InChI=1S/C12H16F2N2O3/c1-8(6-17)5-16-12(18)11-9(3-2-4-15-11)19-7-10(13)14/h2-4,8,10,17H,5-7H2,1H3,(H,16,18). The summed E-state index contributed by atoms with van der Waals surface area (Å²) in [6.45, 7) is 1.17. The fraction of sp³-hybridized carbons (Fsp3) is 0.500. The lowest BCUT2D eigenvalue weighted by molar-refractivity contribution is 0.0789. The number of carbonyl (C=O) groups excluding carboxylic acids is 1. The minimum absolute atomic E-state index is 0.0111. The van der Waals surface area contributed by atoms with Gasteiger partial charge in [0.25, 0.3) is 12.3 Å². The van der Waals surface area contributed by atoms with E-state index < -0.39 is 18.9 Å². The molecule has 0 aliphatic rings. The van der Waals surface area contributed by atoms with Crippen LogP contribution in [0, 0.1) is 5.92 Å². The molecule has 0 aliphatic heterocycles. The maximum absolute atomic E-state index is 12.1. The molecule has 0 saturated carbocycles. The maximum atomic E-state index is 12.1. The van der Waals surface area contributed by atoms with Gasteiger partial charge in [-0.3, -0.25) is 4.79 Å². The summed E-state index contributed by atoms with van der Waals surface area (Å²) in [6.07, 6.45) is -1.25. The average molecular weight is 274 g/mol. The molecule has 1 atom stereocenters. The van der Waals surface area contributed by atoms with Crippen molar-refractivity contribution in [2.75, 3.05) is 19.8 Å². The van der Waals surface area contributed by atoms with Crippen molar-refractivity contribution in [2.24, 2.45) is 5.92 Å². The van der Waals surface area contributed by atoms with Crippen LogP contribution in [0.4, 0.5) is 8.78 Å². The third-order valence-corrected chi connectivity index (χ3v) is 2.27. The number of carbonyl (C=O) groups is 1. The SMILES string of the molecule is CC(CO)CNC(=O)c1ncccc1OCC(F)F. The van der Waals surface area contributed by atoms with Gasteiger partial charge < -0.3 is 15.2 Å². The predicted molar refractivity (Wildman–Crippen MR) is 64.3 cm³/mol. The van der Waals surface area contributed by atoms with Crippen molar-refractivity contribution in [3.63, 3.8) is 0 Å². The minimum Gasteiger partial charge on any atom is -0.485 e. The quantitative estimate of drug-likeness (QED) is 0.780. The Morgan fingerprint density at radius 3 is 2.95 bits per heavy atom. The number of hydrogen-bond donors (Lipinski definition) is 2. The van der Waals surface area contributed by atoms with Crippen LogP contribution < -0.4 is 10.1 Å². The van der Waals surface area contributed by atoms with Crippen LogP contribution in [0.15, 0.2) is 18.3 Å². The number of halogens is 2. The topological polar surface area (TPSA) is 71.5 Å². The van der Waals surface area contributed by atoms with E-state index in [-0.39, 0.29) is 30.5 Å². The highest BCUT2D eigenvalue weighted by molar-refractivity contribution is 5.94. The Balaban J connectivity index is 2.67. The van der Waals surface area contributed by atoms with Gasteiger partial charge in [-0.1, -0.05) is 6.92 Å². The molecule has 1 heterocycles. The molecule has 1 rings (SSSR count). The summed E-state index contributed by atoms with van der Waals surface area (Å²) in [6, 6.07) is 2.90. The van der Waals surface area contributed by atoms with Crippen LogP contribution in [0.3, 0.4) is 0 Å². The van der Waals surface area contributed by atoms with E-state index >= 15 is 0 Å². The van der Waals surface area contributed by atoms with Crippen LogP contribution in [0.2, 0.25) is 0 Å². The van der Waals surface area contributed by atoms with Gasteiger partial charge in [-0.15, -0.1) is 0 Å². The van der Waals surface area contributed by atoms with E-state index in [4.69, 9.17) is 9.84 Å². The highest BCUT2D eigenvalue weighted by atomic mass is 19.3. The molecule has 0 radical (unpaired) electrons. The monoisotopic (exact) mass is 274 g/mol. The fourth-order valence-corrected chi connectivity index (χ4v) is 1.25. The Hall–Kier alpha value is -1.76. The second kappa shape index (κ2) is 7.63. The van der Waals surface area contributed by atoms with Gasteiger partial charge in [-0.25, -0.2) is 13.8 Å². The Bertz CT molecular complexity index is 416. The van der Waals surface area contributed by atoms with Crippen molar-refractivity contribution in [3.8, 4) is 5.75 Å². The highest BCUT2D eigenvalue weighted by Crippen LogP contribution is 2.16. The molecule has 0 fully saturated rings. The number of alkyl halides is 2. The van der Waals surface area contributed by atoms with Crippen LogP contribution in [-0.2, 0) is 0 Å². The average Bonchev–Trinajstić information content (AvgIpc) is 2.42. The summed E-state index contributed by atoms with van der Waals surface area (Å²) in [5.41, 5.74) is -0.0479. The van der Waals surface area contributed by atoms with Crippen molar-refractivity contribution in [3.05, 3.63) is 24.0 Å². The first-order valence-corrected chi connectivity index (χ1v) is 5.79. The second-order valence-electron chi connectivity index (χ2n) is 4.05. The molecule has 2 N–H and O–H groups in total. The highest BCUT2D eigenvalue weighted by Gasteiger charge is 2.15. The number of aliphatic hydroxyl groups excluding tert-OH is 1. The van der Waals surface area contributed by atoms with Gasteiger partial charge in [0.1, 0.15) is 6.61 Å². The summed E-state index contributed by atoms with van der Waals surface area (Å²) < 4.78 is 29.0. The molecule has 1 amide bonds. The molecule has 1 aromatic rings. The Morgan fingerprint density at radius 2 is 2.32 bits per heavy atom. The lowest BCUT2D eigenvalue weighted by Crippen LogP contribution is -2.30. The number of aromatic nitrogens is 1. The largest absolute Gasteiger partial charge is 0.485 e. The molecule has 5 nitrogen and oxygen atoms in total. The molecule has 7 heteroatoms. The van der Waals surface area contributed by atoms with Gasteiger partial charge in [0.15, 0.2) is 11.4 Å². The number of ether oxygens (including phenoxy) is 1. The first-order chi connectivity index (χ1) is 9.04. The van der Waals surface area contributed by atoms with Crippen molar-refractivity contribution < 1.29 is 23.4 Å². The van der Waals surface area contributed by atoms with Gasteiger partial charge in [0, 0.05) is 19.3 Å². The zero-order valence-electron chi connectivity index (χ0n) is 10.5. The smallest absolute Gasteiger partial charge is 0.273 e. The fourth-order valence-electron chi connectivity index (χ4n) is 1.25. The van der Waals surface area contributed by atoms with E-state index in [1.54, 1.807) is 6.92 Å². The third-order valence-electron chi connectivity index (χ3n) is 2.27. The summed E-state index contributed by atoms with van der Waals surface area (Å²) in [7, 11) is 0.